The van der Waals surface area contributed by atoms with Crippen molar-refractivity contribution in [1.82, 2.24) is 15.4 Å². The van der Waals surface area contributed by atoms with Gasteiger partial charge in [0.1, 0.15) is 5.82 Å². The van der Waals surface area contributed by atoms with E-state index in [1.54, 1.807) is 25.1 Å². The highest BCUT2D eigenvalue weighted by Crippen LogP contribution is 2.21. The van der Waals surface area contributed by atoms with Gasteiger partial charge < -0.3 is 4.57 Å². The van der Waals surface area contributed by atoms with Crippen LogP contribution in [0.4, 0.5) is 4.39 Å². The smallest absolute Gasteiger partial charge is 0.271 e. The Morgan fingerprint density at radius 2 is 1.64 bits per heavy atom. The minimum Gasteiger partial charge on any atom is -0.318 e. The van der Waals surface area contributed by atoms with E-state index in [0.29, 0.717) is 11.3 Å². The number of nitrogens with zero attached hydrogens (tertiary/aromatic N) is 1. The molecular weight excluding hydrogens is 425 g/mol. The molecule has 1 aromatic heterocycles. The molecule has 0 saturated heterocycles. The van der Waals surface area contributed by atoms with Crippen LogP contribution in [0.1, 0.15) is 27.3 Å². The quantitative estimate of drug-likeness (QED) is 0.598. The molecule has 0 radical (unpaired) electrons. The summed E-state index contributed by atoms with van der Waals surface area (Å²) in [5, 5.41) is 0. The third kappa shape index (κ3) is 4.48. The standard InChI is InChI=1S/C21H19BrFN3O2/c1-13-11-19(14(2)26(13)18-9-7-17(23)8-10-18)21(28)25-24-20(27)12-15-3-5-16(22)6-4-15/h3-11H,12H2,1-2H3,(H,24,27)(H,25,28). The lowest BCUT2D eigenvalue weighted by Crippen LogP contribution is -2.42. The van der Waals surface area contributed by atoms with Crippen LogP contribution in [0.2, 0.25) is 0 Å². The summed E-state index contributed by atoms with van der Waals surface area (Å²) in [6.07, 6.45) is 0.155. The maximum atomic E-state index is 13.2. The van der Waals surface area contributed by atoms with Gasteiger partial charge in [-0.15, -0.1) is 0 Å². The summed E-state index contributed by atoms with van der Waals surface area (Å²) in [6.45, 7) is 3.66. The highest BCUT2D eigenvalue weighted by molar-refractivity contribution is 9.10. The fourth-order valence-corrected chi connectivity index (χ4v) is 3.27. The van der Waals surface area contributed by atoms with Crippen molar-refractivity contribution in [2.75, 3.05) is 0 Å². The minimum atomic E-state index is -0.411. The van der Waals surface area contributed by atoms with E-state index in [4.69, 9.17) is 0 Å². The molecule has 3 rings (SSSR count). The maximum absolute atomic E-state index is 13.2. The predicted molar refractivity (Wildman–Crippen MR) is 109 cm³/mol. The maximum Gasteiger partial charge on any atom is 0.271 e. The molecule has 0 saturated carbocycles. The van der Waals surface area contributed by atoms with Crippen LogP contribution >= 0.6 is 15.9 Å². The third-order valence-electron chi connectivity index (χ3n) is 4.35. The average Bonchev–Trinajstić information content (AvgIpc) is 2.97. The van der Waals surface area contributed by atoms with Crippen LogP contribution in [-0.2, 0) is 11.2 Å². The van der Waals surface area contributed by atoms with Gasteiger partial charge in [-0.3, -0.25) is 20.4 Å². The van der Waals surface area contributed by atoms with Gasteiger partial charge in [-0.1, -0.05) is 28.1 Å². The molecule has 0 spiro atoms. The predicted octanol–water partition coefficient (Wildman–Crippen LogP) is 4.00. The molecule has 0 bridgehead atoms. The van der Waals surface area contributed by atoms with Gasteiger partial charge >= 0.3 is 0 Å². The molecule has 5 nitrogen and oxygen atoms in total. The molecule has 2 aromatic carbocycles. The second-order valence-corrected chi connectivity index (χ2v) is 7.32. The lowest BCUT2D eigenvalue weighted by Gasteiger charge is -2.10. The Kier molecular flexibility index (Phi) is 5.94. The van der Waals surface area contributed by atoms with Gasteiger partial charge in [-0.05, 0) is 61.9 Å². The molecule has 7 heteroatoms. The van der Waals surface area contributed by atoms with E-state index >= 15 is 0 Å². The van der Waals surface area contributed by atoms with Gasteiger partial charge in [-0.25, -0.2) is 4.39 Å². The molecule has 2 N–H and O–H groups in total. The van der Waals surface area contributed by atoms with Gasteiger partial charge in [0.05, 0.1) is 12.0 Å². The van der Waals surface area contributed by atoms with Crippen molar-refractivity contribution < 1.29 is 14.0 Å². The number of nitrogens with one attached hydrogen (secondary N) is 2. The summed E-state index contributed by atoms with van der Waals surface area (Å²) in [4.78, 5) is 24.6. The molecule has 0 fully saturated rings. The second kappa shape index (κ2) is 8.39. The number of carbonyl (C=O) groups excluding carboxylic acids is 2. The van der Waals surface area contributed by atoms with Gasteiger partial charge in [-0.2, -0.15) is 0 Å². The van der Waals surface area contributed by atoms with Crippen molar-refractivity contribution >= 4 is 27.7 Å². The normalized spacial score (nSPS) is 10.6. The van der Waals surface area contributed by atoms with E-state index in [2.05, 4.69) is 26.8 Å². The first-order chi connectivity index (χ1) is 13.3. The third-order valence-corrected chi connectivity index (χ3v) is 4.88. The number of hydrazine groups is 1. The molecule has 28 heavy (non-hydrogen) atoms. The van der Waals surface area contributed by atoms with E-state index in [0.717, 1.165) is 21.4 Å². The molecule has 144 valence electrons. The minimum absolute atomic E-state index is 0.155. The number of aromatic nitrogens is 1. The van der Waals surface area contributed by atoms with Gasteiger partial charge in [0.2, 0.25) is 5.91 Å². The molecule has 2 amide bonds. The average molecular weight is 444 g/mol. The van der Waals surface area contributed by atoms with Crippen molar-refractivity contribution in [3.05, 3.63) is 87.4 Å². The monoisotopic (exact) mass is 443 g/mol. The lowest BCUT2D eigenvalue weighted by molar-refractivity contribution is -0.121. The first kappa shape index (κ1) is 19.8. The van der Waals surface area contributed by atoms with Crippen molar-refractivity contribution in [1.29, 1.82) is 0 Å². The Morgan fingerprint density at radius 1 is 1.00 bits per heavy atom. The van der Waals surface area contributed by atoms with Crippen molar-refractivity contribution in [2.45, 2.75) is 20.3 Å². The summed E-state index contributed by atoms with van der Waals surface area (Å²) >= 11 is 3.34. The Hall–Kier alpha value is -2.93. The Labute approximate surface area is 170 Å². The van der Waals surface area contributed by atoms with E-state index in [1.165, 1.54) is 12.1 Å². The van der Waals surface area contributed by atoms with Crippen LogP contribution in [0.25, 0.3) is 5.69 Å². The zero-order chi connectivity index (χ0) is 20.3. The van der Waals surface area contributed by atoms with Crippen LogP contribution in [-0.4, -0.2) is 16.4 Å². The summed E-state index contributed by atoms with van der Waals surface area (Å²) < 4.78 is 16.0. The van der Waals surface area contributed by atoms with Crippen molar-refractivity contribution in [3.8, 4) is 5.69 Å². The fraction of sp³-hybridized carbons (Fsp3) is 0.143. The van der Waals surface area contributed by atoms with Crippen molar-refractivity contribution in [3.63, 3.8) is 0 Å². The summed E-state index contributed by atoms with van der Waals surface area (Å²) in [6, 6.07) is 15.1. The number of halogens is 2. The number of carbonyl (C=O) groups is 2. The number of hydrogen-bond acceptors (Lipinski definition) is 2. The lowest BCUT2D eigenvalue weighted by atomic mass is 10.1. The molecule has 1 heterocycles. The topological polar surface area (TPSA) is 63.1 Å². The van der Waals surface area contributed by atoms with E-state index in [9.17, 15) is 14.0 Å². The zero-order valence-electron chi connectivity index (χ0n) is 15.4. The SMILES string of the molecule is Cc1cc(C(=O)NNC(=O)Cc2ccc(Br)cc2)c(C)n1-c1ccc(F)cc1. The highest BCUT2D eigenvalue weighted by Gasteiger charge is 2.17. The number of benzene rings is 2. The summed E-state index contributed by atoms with van der Waals surface area (Å²) in [7, 11) is 0. The zero-order valence-corrected chi connectivity index (χ0v) is 17.0. The molecule has 0 atom stereocenters. The van der Waals surface area contributed by atoms with Crippen LogP contribution in [0.3, 0.4) is 0 Å². The first-order valence-corrected chi connectivity index (χ1v) is 9.43. The number of aryl methyl sites for hydroxylation is 1. The Balaban J connectivity index is 1.67. The van der Waals surface area contributed by atoms with Crippen molar-refractivity contribution in [2.24, 2.45) is 0 Å². The first-order valence-electron chi connectivity index (χ1n) is 8.63. The summed E-state index contributed by atoms with van der Waals surface area (Å²) in [5.41, 5.74) is 8.45. The fourth-order valence-electron chi connectivity index (χ4n) is 3.01. The van der Waals surface area contributed by atoms with Crippen LogP contribution in [0.15, 0.2) is 59.1 Å². The van der Waals surface area contributed by atoms with E-state index in [1.807, 2.05) is 35.8 Å². The molecule has 0 aliphatic rings. The van der Waals surface area contributed by atoms with Crippen LogP contribution < -0.4 is 10.9 Å². The van der Waals surface area contributed by atoms with E-state index in [-0.39, 0.29) is 18.1 Å². The molecular formula is C21H19BrFN3O2. The molecule has 0 aliphatic carbocycles. The highest BCUT2D eigenvalue weighted by atomic mass is 79.9. The van der Waals surface area contributed by atoms with Crippen LogP contribution in [0, 0.1) is 19.7 Å². The Bertz CT molecular complexity index is 1010. The molecule has 3 aromatic rings. The van der Waals surface area contributed by atoms with Crippen LogP contribution in [0.5, 0.6) is 0 Å². The molecule has 0 unspecified atom stereocenters. The van der Waals surface area contributed by atoms with Gasteiger partial charge in [0.15, 0.2) is 0 Å². The Morgan fingerprint density at radius 3 is 2.29 bits per heavy atom. The van der Waals surface area contributed by atoms with E-state index < -0.39 is 5.91 Å². The number of hydrogen-bond donors (Lipinski definition) is 2. The largest absolute Gasteiger partial charge is 0.318 e. The molecule has 0 aliphatic heterocycles. The van der Waals surface area contributed by atoms with Gasteiger partial charge in [0.25, 0.3) is 5.91 Å². The number of rotatable bonds is 4. The second-order valence-electron chi connectivity index (χ2n) is 6.40. The number of amides is 2. The van der Waals surface area contributed by atoms with Gasteiger partial charge in [0, 0.05) is 21.5 Å². The summed E-state index contributed by atoms with van der Waals surface area (Å²) in [5.74, 6) is -1.05.